The molecule has 5 heteroatoms. The normalized spacial score (nSPS) is 31.6. The van der Waals surface area contributed by atoms with Crippen LogP contribution in [0.2, 0.25) is 0 Å². The van der Waals surface area contributed by atoms with Gasteiger partial charge in [0, 0.05) is 0 Å². The lowest BCUT2D eigenvalue weighted by molar-refractivity contribution is -0.123. The quantitative estimate of drug-likeness (QED) is 0.635. The van der Waals surface area contributed by atoms with Crippen LogP contribution in [0, 0.1) is 23.7 Å². The monoisotopic (exact) mass is 313 g/mol. The van der Waals surface area contributed by atoms with Crippen molar-refractivity contribution < 1.29 is 19.1 Å². The number of rotatable bonds is 3. The van der Waals surface area contributed by atoms with Crippen molar-refractivity contribution in [3.05, 3.63) is 29.8 Å². The number of carbonyl (C=O) groups is 3. The first-order valence-electron chi connectivity index (χ1n) is 8.26. The number of ether oxygens (including phenoxy) is 1. The summed E-state index contributed by atoms with van der Waals surface area (Å²) in [7, 11) is 0. The summed E-state index contributed by atoms with van der Waals surface area (Å²) in [6.07, 6.45) is 3.17. The van der Waals surface area contributed by atoms with Crippen molar-refractivity contribution in [3.63, 3.8) is 0 Å². The summed E-state index contributed by atoms with van der Waals surface area (Å²) in [6, 6.07) is 6.53. The van der Waals surface area contributed by atoms with Gasteiger partial charge in [-0.1, -0.05) is 0 Å². The van der Waals surface area contributed by atoms with Gasteiger partial charge in [0.1, 0.15) is 0 Å². The minimum Gasteiger partial charge on any atom is -0.462 e. The first kappa shape index (κ1) is 14.4. The van der Waals surface area contributed by atoms with Crippen LogP contribution in [0.15, 0.2) is 24.3 Å². The molecule has 1 aromatic rings. The van der Waals surface area contributed by atoms with E-state index in [4.69, 9.17) is 4.74 Å². The van der Waals surface area contributed by atoms with Crippen molar-refractivity contribution in [3.8, 4) is 0 Å². The minimum absolute atomic E-state index is 0.0592. The average Bonchev–Trinajstić information content (AvgIpc) is 3.22. The van der Waals surface area contributed by atoms with E-state index in [2.05, 4.69) is 0 Å². The molecular formula is C18H19NO4. The molecule has 1 aromatic carbocycles. The maximum Gasteiger partial charge on any atom is 0.338 e. The number of fused-ring (bicyclic) bond motifs is 5. The smallest absolute Gasteiger partial charge is 0.338 e. The number of esters is 1. The Kier molecular flexibility index (Phi) is 3.25. The third-order valence-corrected chi connectivity index (χ3v) is 5.56. The Morgan fingerprint density at radius 2 is 1.65 bits per heavy atom. The van der Waals surface area contributed by atoms with E-state index in [0.29, 0.717) is 29.7 Å². The van der Waals surface area contributed by atoms with Crippen LogP contribution < -0.4 is 4.90 Å². The molecule has 0 radical (unpaired) electrons. The topological polar surface area (TPSA) is 63.7 Å². The molecule has 0 unspecified atom stereocenters. The summed E-state index contributed by atoms with van der Waals surface area (Å²) in [5, 5.41) is 0. The molecule has 1 heterocycles. The van der Waals surface area contributed by atoms with Crippen LogP contribution in [0.1, 0.15) is 36.5 Å². The Balaban J connectivity index is 1.60. The first-order chi connectivity index (χ1) is 11.1. The van der Waals surface area contributed by atoms with Crippen LogP contribution >= 0.6 is 0 Å². The summed E-state index contributed by atoms with van der Waals surface area (Å²) in [4.78, 5) is 38.5. The lowest BCUT2D eigenvalue weighted by Gasteiger charge is -2.19. The van der Waals surface area contributed by atoms with Crippen LogP contribution in [-0.2, 0) is 14.3 Å². The zero-order valence-electron chi connectivity index (χ0n) is 13.0. The second kappa shape index (κ2) is 5.18. The molecule has 23 heavy (non-hydrogen) atoms. The van der Waals surface area contributed by atoms with Crippen molar-refractivity contribution in [2.45, 2.75) is 26.2 Å². The van der Waals surface area contributed by atoms with E-state index < -0.39 is 5.97 Å². The second-order valence-corrected chi connectivity index (χ2v) is 6.66. The number of amides is 2. The highest BCUT2D eigenvalue weighted by atomic mass is 16.5. The van der Waals surface area contributed by atoms with Crippen LogP contribution in [0.5, 0.6) is 0 Å². The SMILES string of the molecule is CCOC(=O)c1ccc(N2C(=O)[C@H]3[C@@H]4CC[C@@H](C4)[C@@H]3C2=O)cc1. The zero-order valence-corrected chi connectivity index (χ0v) is 13.0. The number of carbonyl (C=O) groups excluding carboxylic acids is 3. The number of hydrogen-bond donors (Lipinski definition) is 0. The molecule has 0 spiro atoms. The predicted molar refractivity (Wildman–Crippen MR) is 82.7 cm³/mol. The van der Waals surface area contributed by atoms with Crippen molar-refractivity contribution in [2.24, 2.45) is 23.7 Å². The molecule has 2 saturated carbocycles. The van der Waals surface area contributed by atoms with Crippen molar-refractivity contribution in [1.29, 1.82) is 0 Å². The van der Waals surface area contributed by atoms with E-state index in [0.717, 1.165) is 19.3 Å². The summed E-state index contributed by atoms with van der Waals surface area (Å²) in [6.45, 7) is 2.07. The summed E-state index contributed by atoms with van der Waals surface area (Å²) >= 11 is 0. The number of hydrogen-bond acceptors (Lipinski definition) is 4. The molecule has 0 N–H and O–H groups in total. The number of anilines is 1. The molecule has 1 saturated heterocycles. The maximum atomic E-state index is 12.7. The van der Waals surface area contributed by atoms with Gasteiger partial charge in [0.05, 0.1) is 29.7 Å². The van der Waals surface area contributed by atoms with Crippen LogP contribution in [0.4, 0.5) is 5.69 Å². The lowest BCUT2D eigenvalue weighted by Crippen LogP contribution is -2.32. The summed E-state index contributed by atoms with van der Waals surface area (Å²) < 4.78 is 4.95. The molecule has 2 amide bonds. The van der Waals surface area contributed by atoms with Gasteiger partial charge in [-0.25, -0.2) is 4.79 Å². The Bertz CT molecular complexity index is 653. The highest BCUT2D eigenvalue weighted by Crippen LogP contribution is 2.56. The molecule has 1 aliphatic heterocycles. The van der Waals surface area contributed by atoms with E-state index in [9.17, 15) is 14.4 Å². The first-order valence-corrected chi connectivity index (χ1v) is 8.26. The standard InChI is InChI=1S/C18H19NO4/c1-2-23-18(22)10-5-7-13(8-6-10)19-16(20)14-11-3-4-12(9-11)15(14)17(19)21/h5-8,11-12,14-15H,2-4,9H2,1H3/t11-,12+,14-,15-/m0/s1. The van der Waals surface area contributed by atoms with Gasteiger partial charge in [0.15, 0.2) is 0 Å². The number of nitrogens with zero attached hydrogens (tertiary/aromatic N) is 1. The fourth-order valence-corrected chi connectivity index (χ4v) is 4.62. The van der Waals surface area contributed by atoms with Gasteiger partial charge in [0.25, 0.3) is 0 Å². The largest absolute Gasteiger partial charge is 0.462 e. The fraction of sp³-hybridized carbons (Fsp3) is 0.500. The van der Waals surface area contributed by atoms with E-state index in [1.807, 2.05) is 0 Å². The Morgan fingerprint density at radius 1 is 1.09 bits per heavy atom. The maximum absolute atomic E-state index is 12.7. The van der Waals surface area contributed by atoms with E-state index >= 15 is 0 Å². The molecule has 5 nitrogen and oxygen atoms in total. The fourth-order valence-electron chi connectivity index (χ4n) is 4.62. The molecule has 2 bridgehead atoms. The number of imide groups is 1. The van der Waals surface area contributed by atoms with Crippen molar-refractivity contribution in [1.82, 2.24) is 0 Å². The summed E-state index contributed by atoms with van der Waals surface area (Å²) in [5.74, 6) is 0.00712. The van der Waals surface area contributed by atoms with Crippen LogP contribution in [0.3, 0.4) is 0 Å². The van der Waals surface area contributed by atoms with Crippen LogP contribution in [-0.4, -0.2) is 24.4 Å². The van der Waals surface area contributed by atoms with Crippen LogP contribution in [0.25, 0.3) is 0 Å². The highest BCUT2D eigenvalue weighted by Gasteiger charge is 2.61. The molecule has 3 aliphatic rings. The van der Waals surface area contributed by atoms with Gasteiger partial charge in [-0.15, -0.1) is 0 Å². The van der Waals surface area contributed by atoms with Gasteiger partial charge >= 0.3 is 5.97 Å². The Hall–Kier alpha value is -2.17. The molecule has 2 aliphatic carbocycles. The van der Waals surface area contributed by atoms with E-state index in [1.165, 1.54) is 4.90 Å². The van der Waals surface area contributed by atoms with Crippen molar-refractivity contribution >= 4 is 23.5 Å². The average molecular weight is 313 g/mol. The Labute approximate surface area is 134 Å². The highest BCUT2D eigenvalue weighted by molar-refractivity contribution is 6.22. The Morgan fingerprint density at radius 3 is 2.17 bits per heavy atom. The molecule has 120 valence electrons. The van der Waals surface area contributed by atoms with Gasteiger partial charge in [-0.2, -0.15) is 0 Å². The zero-order chi connectivity index (χ0) is 16.1. The predicted octanol–water partition coefficient (Wildman–Crippen LogP) is 2.40. The van der Waals surface area contributed by atoms with Gasteiger partial charge < -0.3 is 4.74 Å². The minimum atomic E-state index is -0.395. The molecule has 4 rings (SSSR count). The van der Waals surface area contributed by atoms with E-state index in [-0.39, 0.29) is 23.7 Å². The molecule has 0 aromatic heterocycles. The number of benzene rings is 1. The molecular weight excluding hydrogens is 294 g/mol. The van der Waals surface area contributed by atoms with E-state index in [1.54, 1.807) is 31.2 Å². The molecule has 3 fully saturated rings. The molecule has 4 atom stereocenters. The van der Waals surface area contributed by atoms with Gasteiger partial charge in [-0.3, -0.25) is 14.5 Å². The van der Waals surface area contributed by atoms with Gasteiger partial charge in [0.2, 0.25) is 11.8 Å². The third-order valence-electron chi connectivity index (χ3n) is 5.56. The lowest BCUT2D eigenvalue weighted by atomic mass is 9.81. The third kappa shape index (κ3) is 2.02. The van der Waals surface area contributed by atoms with Gasteiger partial charge in [-0.05, 0) is 62.3 Å². The van der Waals surface area contributed by atoms with Crippen molar-refractivity contribution in [2.75, 3.05) is 11.5 Å². The second-order valence-electron chi connectivity index (χ2n) is 6.66. The summed E-state index contributed by atoms with van der Waals surface area (Å²) in [5.41, 5.74) is 0.983.